The fourth-order valence-corrected chi connectivity index (χ4v) is 1.06. The van der Waals surface area contributed by atoms with Crippen molar-refractivity contribution in [2.24, 2.45) is 0 Å². The van der Waals surface area contributed by atoms with Crippen LogP contribution in [-0.2, 0) is 39.2 Å². The monoisotopic (exact) mass is 316 g/mol. The predicted octanol–water partition coefficient (Wildman–Crippen LogP) is -2.76. The zero-order chi connectivity index (χ0) is 12.9. The quantitative estimate of drug-likeness (QED) is 0.181. The molecular formula is H5NaO12S3. The van der Waals surface area contributed by atoms with E-state index in [1.54, 1.807) is 0 Å². The average Bonchev–Trinajstić information content (AvgIpc) is 1.77. The second-order valence-electron chi connectivity index (χ2n) is 1.43. The Bertz CT molecular complexity index is 452. The van der Waals surface area contributed by atoms with E-state index in [-0.39, 0.29) is 29.6 Å². The minimum absolute atomic E-state index is 0. The van der Waals surface area contributed by atoms with Gasteiger partial charge < -0.3 is 0 Å². The summed E-state index contributed by atoms with van der Waals surface area (Å²) in [5, 5.41) is 7.37. The summed E-state index contributed by atoms with van der Waals surface area (Å²) in [7, 11) is -14.9. The van der Waals surface area contributed by atoms with Crippen molar-refractivity contribution in [1.82, 2.24) is 0 Å². The molecule has 96 valence electrons. The van der Waals surface area contributed by atoms with Crippen LogP contribution < -0.4 is 0 Å². The molecule has 0 atom stereocenters. The summed E-state index contributed by atoms with van der Waals surface area (Å²) in [6, 6.07) is 0. The summed E-state index contributed by atoms with van der Waals surface area (Å²) in [6.07, 6.45) is 0. The topological polar surface area (TPSA) is 202 Å². The van der Waals surface area contributed by atoms with E-state index in [4.69, 9.17) is 27.3 Å². The Morgan fingerprint density at radius 1 is 0.812 bits per heavy atom. The molecule has 0 spiro atoms. The van der Waals surface area contributed by atoms with Gasteiger partial charge in [-0.25, -0.2) is 5.26 Å². The van der Waals surface area contributed by atoms with Gasteiger partial charge in [0.1, 0.15) is 0 Å². The Hall–Kier alpha value is 0.610. The second-order valence-corrected chi connectivity index (χ2v) is 4.69. The van der Waals surface area contributed by atoms with Gasteiger partial charge in [-0.15, -0.1) is 0 Å². The molecular weight excluding hydrogens is 311 g/mol. The first-order valence-corrected chi connectivity index (χ1v) is 6.33. The molecule has 0 radical (unpaired) electrons. The van der Waals surface area contributed by atoms with Crippen molar-refractivity contribution in [3.05, 3.63) is 0 Å². The second kappa shape index (κ2) is 7.84. The van der Waals surface area contributed by atoms with Crippen LogP contribution in [0.4, 0.5) is 0 Å². The van der Waals surface area contributed by atoms with Crippen LogP contribution >= 0.6 is 0 Å². The molecule has 0 aromatic carbocycles. The number of hydrogen-bond acceptors (Lipinski definition) is 9. The van der Waals surface area contributed by atoms with E-state index in [9.17, 15) is 16.8 Å². The molecule has 16 heavy (non-hydrogen) atoms. The summed E-state index contributed by atoms with van der Waals surface area (Å²) in [5.74, 6) is 0. The number of hydrogen-bond donors (Lipinski definition) is 4. The van der Waals surface area contributed by atoms with E-state index in [0.717, 1.165) is 0 Å². The van der Waals surface area contributed by atoms with Gasteiger partial charge in [0.2, 0.25) is 0 Å². The Kier molecular flexibility index (Phi) is 10.7. The SMILES string of the molecule is O=S(=O)(O)O.O=S(=O)(O)OS(=O)(=O)OO.[NaH]. The summed E-state index contributed by atoms with van der Waals surface area (Å²) in [5.41, 5.74) is 0. The Balaban J connectivity index is -0.000000242. The van der Waals surface area contributed by atoms with Gasteiger partial charge in [-0.2, -0.15) is 25.3 Å². The van der Waals surface area contributed by atoms with Gasteiger partial charge in [0.25, 0.3) is 0 Å². The minimum atomic E-state index is -5.17. The molecule has 16 heteroatoms. The summed E-state index contributed by atoms with van der Waals surface area (Å²) < 4.78 is 83.3. The Morgan fingerprint density at radius 3 is 1.12 bits per heavy atom. The zero-order valence-corrected chi connectivity index (χ0v) is 8.73. The Labute approximate surface area is 112 Å². The molecule has 0 unspecified atom stereocenters. The molecule has 0 rings (SSSR count). The molecule has 0 aromatic heterocycles. The van der Waals surface area contributed by atoms with Gasteiger partial charge >= 0.3 is 60.8 Å². The van der Waals surface area contributed by atoms with Crippen LogP contribution in [-0.4, -0.2) is 73.7 Å². The van der Waals surface area contributed by atoms with Gasteiger partial charge in [-0.3, -0.25) is 13.7 Å². The standard InChI is InChI=1S/Na.H2O8S2.H2O4S.H/c;1-7-10(5,6)8-9(2,3)4;1-5(2,3)4;/h;1H,(H,2,3,4);(H2,1,2,3,4);. The van der Waals surface area contributed by atoms with Crippen LogP contribution in [0.5, 0.6) is 0 Å². The molecule has 0 heterocycles. The van der Waals surface area contributed by atoms with Crippen LogP contribution in [0.15, 0.2) is 0 Å². The molecule has 0 amide bonds. The zero-order valence-electron chi connectivity index (χ0n) is 6.28. The van der Waals surface area contributed by atoms with Crippen molar-refractivity contribution in [2.45, 2.75) is 0 Å². The maximum atomic E-state index is 9.78. The van der Waals surface area contributed by atoms with Crippen LogP contribution in [0, 0.1) is 0 Å². The molecule has 0 saturated carbocycles. The first-order valence-electron chi connectivity index (χ1n) is 2.23. The Morgan fingerprint density at radius 2 is 1.06 bits per heavy atom. The third-order valence-electron chi connectivity index (χ3n) is 0.261. The fraction of sp³-hybridized carbons (Fsp3) is 0. The van der Waals surface area contributed by atoms with E-state index in [1.807, 2.05) is 0 Å². The van der Waals surface area contributed by atoms with Crippen molar-refractivity contribution in [3.63, 3.8) is 0 Å². The molecule has 0 aliphatic rings. The van der Waals surface area contributed by atoms with Crippen molar-refractivity contribution in [3.8, 4) is 0 Å². The van der Waals surface area contributed by atoms with E-state index in [0.29, 0.717) is 0 Å². The molecule has 12 nitrogen and oxygen atoms in total. The molecule has 0 aliphatic heterocycles. The third-order valence-corrected chi connectivity index (χ3v) is 1.80. The predicted molar refractivity (Wildman–Crippen MR) is 46.6 cm³/mol. The molecule has 0 bridgehead atoms. The van der Waals surface area contributed by atoms with E-state index >= 15 is 0 Å². The molecule has 0 aliphatic carbocycles. The molecule has 0 fully saturated rings. The van der Waals surface area contributed by atoms with E-state index in [2.05, 4.69) is 7.96 Å². The molecule has 0 aromatic rings. The first-order chi connectivity index (χ1) is 6.27. The van der Waals surface area contributed by atoms with E-state index < -0.39 is 31.2 Å². The maximum absolute atomic E-state index is 9.78. The third kappa shape index (κ3) is 29.3. The molecule has 4 N–H and O–H groups in total. The van der Waals surface area contributed by atoms with E-state index in [1.165, 1.54) is 0 Å². The van der Waals surface area contributed by atoms with Crippen LogP contribution in [0.2, 0.25) is 0 Å². The van der Waals surface area contributed by atoms with Gasteiger partial charge in [-0.05, 0) is 0 Å². The van der Waals surface area contributed by atoms with Gasteiger partial charge in [0, 0.05) is 0 Å². The van der Waals surface area contributed by atoms with Gasteiger partial charge in [0.15, 0.2) is 0 Å². The number of rotatable bonds is 3. The summed E-state index contributed by atoms with van der Waals surface area (Å²) in [6.45, 7) is 0. The van der Waals surface area contributed by atoms with Crippen molar-refractivity contribution >= 4 is 60.8 Å². The fourth-order valence-electron chi connectivity index (χ4n) is 0.118. The van der Waals surface area contributed by atoms with Crippen LogP contribution in [0.3, 0.4) is 0 Å². The van der Waals surface area contributed by atoms with Gasteiger partial charge in [0.05, 0.1) is 0 Å². The van der Waals surface area contributed by atoms with Crippen molar-refractivity contribution < 1.29 is 52.1 Å². The summed E-state index contributed by atoms with van der Waals surface area (Å²) in [4.78, 5) is 0. The normalized spacial score (nSPS) is 12.0. The average molecular weight is 316 g/mol. The summed E-state index contributed by atoms with van der Waals surface area (Å²) >= 11 is 0. The first kappa shape index (κ1) is 21.9. The van der Waals surface area contributed by atoms with Crippen molar-refractivity contribution in [2.75, 3.05) is 0 Å². The van der Waals surface area contributed by atoms with Gasteiger partial charge in [-0.1, -0.05) is 7.96 Å². The van der Waals surface area contributed by atoms with Crippen molar-refractivity contribution in [1.29, 1.82) is 0 Å². The van der Waals surface area contributed by atoms with Crippen LogP contribution in [0.25, 0.3) is 0 Å². The van der Waals surface area contributed by atoms with Crippen LogP contribution in [0.1, 0.15) is 0 Å². The molecule has 0 saturated heterocycles.